The molecule has 0 bridgehead atoms. The topological polar surface area (TPSA) is 129 Å². The molecule has 2 fully saturated rings. The van der Waals surface area contributed by atoms with Gasteiger partial charge in [-0.25, -0.2) is 15.0 Å². The molecule has 49 heavy (non-hydrogen) atoms. The van der Waals surface area contributed by atoms with E-state index in [1.54, 1.807) is 22.0 Å². The number of pyridine rings is 1. The number of hydrogen-bond donors (Lipinski definition) is 1. The van der Waals surface area contributed by atoms with Gasteiger partial charge in [0.15, 0.2) is 5.78 Å². The highest BCUT2D eigenvalue weighted by Crippen LogP contribution is 2.50. The summed E-state index contributed by atoms with van der Waals surface area (Å²) in [6.45, 7) is 11.6. The number of hydrogen-bond acceptors (Lipinski definition) is 9. The quantitative estimate of drug-likeness (QED) is 0.162. The van der Waals surface area contributed by atoms with Crippen LogP contribution in [-0.4, -0.2) is 109 Å². The van der Waals surface area contributed by atoms with Crippen molar-refractivity contribution in [3.8, 4) is 11.1 Å². The second-order valence-corrected chi connectivity index (χ2v) is 14.5. The summed E-state index contributed by atoms with van der Waals surface area (Å²) in [6, 6.07) is 6.67. The number of piperazine rings is 1. The van der Waals surface area contributed by atoms with Gasteiger partial charge in [-0.05, 0) is 85.1 Å². The third-order valence-corrected chi connectivity index (χ3v) is 10.6. The molecule has 12 nitrogen and oxygen atoms in total. The van der Waals surface area contributed by atoms with Crippen LogP contribution in [0.2, 0.25) is 0 Å². The predicted octanol–water partition coefficient (Wildman–Crippen LogP) is 4.19. The van der Waals surface area contributed by atoms with Crippen molar-refractivity contribution in [1.82, 2.24) is 39.4 Å². The van der Waals surface area contributed by atoms with Crippen LogP contribution in [0.4, 0.5) is 5.82 Å². The molecule has 7 rings (SSSR count). The van der Waals surface area contributed by atoms with Crippen molar-refractivity contribution in [2.75, 3.05) is 45.1 Å². The first kappa shape index (κ1) is 33.2. The first-order valence-electron chi connectivity index (χ1n) is 16.6. The fourth-order valence-corrected chi connectivity index (χ4v) is 7.81. The average molecular weight is 727 g/mol. The number of likely N-dealkylation sites (tertiary alicyclic amines) is 1. The molecule has 1 aliphatic carbocycles. The fourth-order valence-electron chi connectivity index (χ4n) is 7.50. The number of nitrogens with one attached hydrogen (secondary N) is 1. The van der Waals surface area contributed by atoms with Gasteiger partial charge in [-0.3, -0.25) is 24.0 Å². The van der Waals surface area contributed by atoms with E-state index in [1.807, 2.05) is 51.1 Å². The highest BCUT2D eigenvalue weighted by Gasteiger charge is 2.58. The Kier molecular flexibility index (Phi) is 8.70. The van der Waals surface area contributed by atoms with Crippen molar-refractivity contribution < 1.29 is 14.4 Å². The highest BCUT2D eigenvalue weighted by atomic mass is 79.9. The molecule has 0 unspecified atom stereocenters. The summed E-state index contributed by atoms with van der Waals surface area (Å²) in [5.74, 6) is 0.427. The lowest BCUT2D eigenvalue weighted by Gasteiger charge is -2.45. The molecule has 2 aliphatic heterocycles. The van der Waals surface area contributed by atoms with Crippen molar-refractivity contribution in [1.29, 1.82) is 0 Å². The Morgan fingerprint density at radius 1 is 1.00 bits per heavy atom. The molecule has 254 valence electrons. The molecule has 0 spiro atoms. The second kappa shape index (κ2) is 12.8. The standard InChI is InChI=1S/C36H40BrN9O3/c1-21-6-7-30(37)40-34(21)41-35(49)28-16-36(20-44-12-10-43(5)11-13-44)9-8-29(36)46(28)31(48)19-45-33-22(2)14-25(26-17-38-24(4)39-18-26)15-27(33)32(42-45)23(3)47/h6-9,14-15,17-18,28-29H,10-13,16,19-20H2,1-5H3,(H,40,41,49)/t28-,29+,36+/m0/s1. The van der Waals surface area contributed by atoms with Gasteiger partial charge in [-0.2, -0.15) is 5.10 Å². The zero-order valence-electron chi connectivity index (χ0n) is 28.4. The van der Waals surface area contributed by atoms with Crippen molar-refractivity contribution in [2.45, 2.75) is 52.7 Å². The van der Waals surface area contributed by atoms with Crippen LogP contribution in [0, 0.1) is 26.2 Å². The van der Waals surface area contributed by atoms with Crippen LogP contribution in [0.1, 0.15) is 40.8 Å². The molecule has 13 heteroatoms. The van der Waals surface area contributed by atoms with E-state index in [0.29, 0.717) is 39.3 Å². The van der Waals surface area contributed by atoms with Gasteiger partial charge < -0.3 is 15.1 Å². The van der Waals surface area contributed by atoms with Gasteiger partial charge >= 0.3 is 0 Å². The number of amides is 2. The summed E-state index contributed by atoms with van der Waals surface area (Å²) in [4.78, 5) is 61.2. The number of likely N-dealkylation sites (N-methyl/N-ethyl adjacent to an activating group) is 1. The molecule has 4 aromatic rings. The van der Waals surface area contributed by atoms with E-state index in [9.17, 15) is 14.4 Å². The first-order chi connectivity index (χ1) is 23.4. The van der Waals surface area contributed by atoms with Crippen LogP contribution in [0.25, 0.3) is 22.0 Å². The number of anilines is 1. The van der Waals surface area contributed by atoms with Crippen LogP contribution in [0.5, 0.6) is 0 Å². The Hall–Kier alpha value is -4.33. The van der Waals surface area contributed by atoms with E-state index in [4.69, 9.17) is 5.10 Å². The minimum Gasteiger partial charge on any atom is -0.322 e. The third-order valence-electron chi connectivity index (χ3n) is 10.2. The Morgan fingerprint density at radius 2 is 1.73 bits per heavy atom. The lowest BCUT2D eigenvalue weighted by molar-refractivity contribution is -0.139. The number of carbonyl (C=O) groups excluding carboxylic acids is 3. The van der Waals surface area contributed by atoms with Crippen LogP contribution < -0.4 is 5.32 Å². The summed E-state index contributed by atoms with van der Waals surface area (Å²) in [7, 11) is 2.13. The molecule has 2 amide bonds. The lowest BCUT2D eigenvalue weighted by atomic mass is 9.70. The number of Topliss-reactive ketones (excluding diaryl/α,β-unsaturated/α-hetero) is 1. The summed E-state index contributed by atoms with van der Waals surface area (Å²) in [5, 5.41) is 8.37. The molecule has 3 atom stereocenters. The Balaban J connectivity index is 1.22. The van der Waals surface area contributed by atoms with E-state index in [1.165, 1.54) is 6.92 Å². The first-order valence-corrected chi connectivity index (χ1v) is 17.4. The Labute approximate surface area is 293 Å². The smallest absolute Gasteiger partial charge is 0.248 e. The molecule has 0 radical (unpaired) electrons. The molecule has 2 saturated heterocycles. The Morgan fingerprint density at radius 3 is 2.41 bits per heavy atom. The number of rotatable bonds is 8. The van der Waals surface area contributed by atoms with Crippen molar-refractivity contribution in [2.24, 2.45) is 5.41 Å². The van der Waals surface area contributed by atoms with Crippen LogP contribution >= 0.6 is 15.9 Å². The van der Waals surface area contributed by atoms with E-state index < -0.39 is 6.04 Å². The molecular weight excluding hydrogens is 686 g/mol. The molecular formula is C36H40BrN9O3. The molecule has 3 aromatic heterocycles. The third kappa shape index (κ3) is 6.19. The number of carbonyl (C=O) groups is 3. The monoisotopic (exact) mass is 725 g/mol. The largest absolute Gasteiger partial charge is 0.322 e. The summed E-state index contributed by atoms with van der Waals surface area (Å²) in [6.07, 6.45) is 8.25. The number of halogens is 1. The van der Waals surface area contributed by atoms with Crippen LogP contribution in [-0.2, 0) is 16.1 Å². The van der Waals surface area contributed by atoms with Gasteiger partial charge in [0, 0.05) is 68.4 Å². The molecule has 5 heterocycles. The maximum absolute atomic E-state index is 14.5. The van der Waals surface area contributed by atoms with E-state index in [-0.39, 0.29) is 35.6 Å². The van der Waals surface area contributed by atoms with Crippen molar-refractivity contribution in [3.63, 3.8) is 0 Å². The summed E-state index contributed by atoms with van der Waals surface area (Å²) >= 11 is 3.41. The van der Waals surface area contributed by atoms with Gasteiger partial charge in [0.05, 0.1) is 11.6 Å². The zero-order valence-corrected chi connectivity index (χ0v) is 30.0. The minimum atomic E-state index is -0.719. The predicted molar refractivity (Wildman–Crippen MR) is 190 cm³/mol. The molecule has 1 N–H and O–H groups in total. The van der Waals surface area contributed by atoms with E-state index in [0.717, 1.165) is 55.0 Å². The number of aromatic nitrogens is 5. The SMILES string of the molecule is CC(=O)c1nn(CC(=O)N2[C@H](C(=O)Nc3nc(Br)ccc3C)C[C@@]3(CN4CCN(C)CC4)C=C[C@@H]23)c2c(C)cc(-c3cnc(C)nc3)cc12. The lowest BCUT2D eigenvalue weighted by Crippen LogP contribution is -2.55. The summed E-state index contributed by atoms with van der Waals surface area (Å²) < 4.78 is 2.23. The van der Waals surface area contributed by atoms with E-state index >= 15 is 0 Å². The normalized spacial score (nSPS) is 22.3. The van der Waals surface area contributed by atoms with Crippen LogP contribution in [0.3, 0.4) is 0 Å². The Bertz CT molecular complexity index is 2000. The number of ketones is 1. The number of nitrogens with zero attached hydrogens (tertiary/aromatic N) is 8. The van der Waals surface area contributed by atoms with Crippen molar-refractivity contribution >= 4 is 50.2 Å². The minimum absolute atomic E-state index is 0.121. The van der Waals surface area contributed by atoms with Gasteiger partial charge in [0.1, 0.15) is 34.5 Å². The molecule has 1 aromatic carbocycles. The molecule has 0 saturated carbocycles. The number of aryl methyl sites for hydroxylation is 3. The van der Waals surface area contributed by atoms with Gasteiger partial charge in [0.25, 0.3) is 0 Å². The molecule has 3 aliphatic rings. The van der Waals surface area contributed by atoms with Gasteiger partial charge in [0.2, 0.25) is 11.8 Å². The maximum atomic E-state index is 14.5. The fraction of sp³-hybridized carbons (Fsp3) is 0.417. The van der Waals surface area contributed by atoms with Gasteiger partial charge in [-0.15, -0.1) is 0 Å². The highest BCUT2D eigenvalue weighted by molar-refractivity contribution is 9.10. The van der Waals surface area contributed by atoms with E-state index in [2.05, 4.69) is 59.1 Å². The van der Waals surface area contributed by atoms with Crippen LogP contribution in [0.15, 0.2) is 53.4 Å². The van der Waals surface area contributed by atoms with Gasteiger partial charge in [-0.1, -0.05) is 18.2 Å². The van der Waals surface area contributed by atoms with Crippen molar-refractivity contribution in [3.05, 3.63) is 76.1 Å². The average Bonchev–Trinajstić information content (AvgIpc) is 3.53. The maximum Gasteiger partial charge on any atom is 0.248 e. The number of benzene rings is 1. The summed E-state index contributed by atoms with van der Waals surface area (Å²) in [5.41, 5.74) is 4.03. The number of fused-ring (bicyclic) bond motifs is 2. The second-order valence-electron chi connectivity index (χ2n) is 13.7. The zero-order chi connectivity index (χ0) is 34.6.